The first kappa shape index (κ1) is 18.6. The molecule has 1 aliphatic carbocycles. The minimum atomic E-state index is 0.392. The molecule has 0 spiro atoms. The zero-order chi connectivity index (χ0) is 17.3. The molecule has 0 amide bonds. The molecule has 2 N–H and O–H groups in total. The molecule has 5 heteroatoms. The summed E-state index contributed by atoms with van der Waals surface area (Å²) in [5.74, 6) is 1.78. The molecule has 1 aliphatic rings. The Bertz CT molecular complexity index is 510. The van der Waals surface area contributed by atoms with Crippen molar-refractivity contribution in [1.29, 1.82) is 0 Å². The maximum Gasteiger partial charge on any atom is 0.191 e. The van der Waals surface area contributed by atoms with Crippen molar-refractivity contribution < 1.29 is 9.47 Å². The first-order chi connectivity index (χ1) is 11.7. The SMILES string of the molecule is CN=C(NCCc1ccc(OC)cc1)NCC1(CCOC)CCC1. The van der Waals surface area contributed by atoms with E-state index < -0.39 is 0 Å². The van der Waals surface area contributed by atoms with Crippen molar-refractivity contribution >= 4 is 5.96 Å². The molecule has 0 saturated heterocycles. The summed E-state index contributed by atoms with van der Waals surface area (Å²) in [5, 5.41) is 6.89. The Labute approximate surface area is 145 Å². The fraction of sp³-hybridized carbons (Fsp3) is 0.632. The van der Waals surface area contributed by atoms with Gasteiger partial charge in [0.15, 0.2) is 5.96 Å². The zero-order valence-corrected chi connectivity index (χ0v) is 15.2. The zero-order valence-electron chi connectivity index (χ0n) is 15.2. The van der Waals surface area contributed by atoms with E-state index in [9.17, 15) is 0 Å². The van der Waals surface area contributed by atoms with Crippen LogP contribution >= 0.6 is 0 Å². The maximum absolute atomic E-state index is 5.25. The second-order valence-corrected chi connectivity index (χ2v) is 6.55. The van der Waals surface area contributed by atoms with Gasteiger partial charge < -0.3 is 20.1 Å². The van der Waals surface area contributed by atoms with Crippen LogP contribution < -0.4 is 15.4 Å². The molecule has 0 atom stereocenters. The standard InChI is InChI=1S/C19H31N3O2/c1-20-18(22-15-19(10-4-11-19)12-14-23-2)21-13-9-16-5-7-17(24-3)8-6-16/h5-8H,4,9-15H2,1-3H3,(H2,20,21,22). The van der Waals surface area contributed by atoms with Crippen LogP contribution in [0.4, 0.5) is 0 Å². The van der Waals surface area contributed by atoms with Gasteiger partial charge in [0, 0.05) is 33.9 Å². The number of nitrogens with zero attached hydrogens (tertiary/aromatic N) is 1. The fourth-order valence-corrected chi connectivity index (χ4v) is 3.12. The van der Waals surface area contributed by atoms with E-state index in [0.717, 1.165) is 44.2 Å². The van der Waals surface area contributed by atoms with Gasteiger partial charge in [-0.15, -0.1) is 0 Å². The number of nitrogens with one attached hydrogen (secondary N) is 2. The summed E-state index contributed by atoms with van der Waals surface area (Å²) in [6, 6.07) is 8.20. The van der Waals surface area contributed by atoms with Gasteiger partial charge >= 0.3 is 0 Å². The topological polar surface area (TPSA) is 54.9 Å². The average Bonchev–Trinajstić information content (AvgIpc) is 2.59. The molecule has 1 aromatic carbocycles. The molecule has 0 aromatic heterocycles. The fourth-order valence-electron chi connectivity index (χ4n) is 3.12. The summed E-state index contributed by atoms with van der Waals surface area (Å²) in [5.41, 5.74) is 1.68. The number of aliphatic imine (C=N–C) groups is 1. The molecular weight excluding hydrogens is 302 g/mol. The van der Waals surface area contributed by atoms with Crippen molar-refractivity contribution in [3.8, 4) is 5.75 Å². The van der Waals surface area contributed by atoms with Gasteiger partial charge in [-0.05, 0) is 48.8 Å². The van der Waals surface area contributed by atoms with Gasteiger partial charge in [0.25, 0.3) is 0 Å². The van der Waals surface area contributed by atoms with Crippen LogP contribution in [0.5, 0.6) is 5.75 Å². The molecule has 134 valence electrons. The predicted molar refractivity (Wildman–Crippen MR) is 98.8 cm³/mol. The molecule has 1 aromatic rings. The van der Waals surface area contributed by atoms with Gasteiger partial charge in [-0.3, -0.25) is 4.99 Å². The number of rotatable bonds is 9. The van der Waals surface area contributed by atoms with Crippen molar-refractivity contribution in [2.24, 2.45) is 10.4 Å². The van der Waals surface area contributed by atoms with E-state index >= 15 is 0 Å². The highest BCUT2D eigenvalue weighted by Gasteiger charge is 2.36. The van der Waals surface area contributed by atoms with Crippen LogP contribution in [0.25, 0.3) is 0 Å². The molecule has 0 bridgehead atoms. The molecule has 0 unspecified atom stereocenters. The molecule has 0 aliphatic heterocycles. The van der Waals surface area contributed by atoms with Crippen molar-refractivity contribution in [3.05, 3.63) is 29.8 Å². The van der Waals surface area contributed by atoms with Gasteiger partial charge in [0.05, 0.1) is 7.11 Å². The molecule has 1 saturated carbocycles. The van der Waals surface area contributed by atoms with Crippen molar-refractivity contribution in [2.45, 2.75) is 32.1 Å². The number of guanidine groups is 1. The summed E-state index contributed by atoms with van der Waals surface area (Å²) in [6.07, 6.45) is 5.98. The first-order valence-electron chi connectivity index (χ1n) is 8.78. The highest BCUT2D eigenvalue weighted by Crippen LogP contribution is 2.43. The van der Waals surface area contributed by atoms with E-state index in [2.05, 4.69) is 27.8 Å². The highest BCUT2D eigenvalue weighted by atomic mass is 16.5. The summed E-state index contributed by atoms with van der Waals surface area (Å²) in [7, 11) is 5.29. The van der Waals surface area contributed by atoms with E-state index in [-0.39, 0.29) is 0 Å². The monoisotopic (exact) mass is 333 g/mol. The summed E-state index contributed by atoms with van der Waals surface area (Å²) < 4.78 is 10.4. The van der Waals surface area contributed by atoms with E-state index in [1.54, 1.807) is 14.2 Å². The number of benzene rings is 1. The van der Waals surface area contributed by atoms with E-state index in [4.69, 9.17) is 9.47 Å². The van der Waals surface area contributed by atoms with Crippen LogP contribution in [0.15, 0.2) is 29.3 Å². The number of hydrogen-bond acceptors (Lipinski definition) is 3. The normalized spacial score (nSPS) is 16.4. The lowest BCUT2D eigenvalue weighted by molar-refractivity contribution is 0.0732. The Kier molecular flexibility index (Phi) is 7.37. The number of methoxy groups -OCH3 is 2. The quantitative estimate of drug-likeness (QED) is 0.539. The van der Waals surface area contributed by atoms with E-state index in [1.165, 1.54) is 24.8 Å². The molecule has 2 rings (SSSR count). The van der Waals surface area contributed by atoms with Crippen LogP contribution in [0.1, 0.15) is 31.2 Å². The lowest BCUT2D eigenvalue weighted by Crippen LogP contribution is -2.47. The van der Waals surface area contributed by atoms with Gasteiger partial charge in [0.1, 0.15) is 5.75 Å². The largest absolute Gasteiger partial charge is 0.497 e. The Balaban J connectivity index is 1.71. The lowest BCUT2D eigenvalue weighted by atomic mass is 9.67. The molecule has 0 heterocycles. The average molecular weight is 333 g/mol. The van der Waals surface area contributed by atoms with Crippen molar-refractivity contribution in [1.82, 2.24) is 10.6 Å². The maximum atomic E-state index is 5.25. The number of hydrogen-bond donors (Lipinski definition) is 2. The lowest BCUT2D eigenvalue weighted by Gasteiger charge is -2.42. The minimum Gasteiger partial charge on any atom is -0.497 e. The van der Waals surface area contributed by atoms with Gasteiger partial charge in [-0.1, -0.05) is 18.6 Å². The van der Waals surface area contributed by atoms with Crippen molar-refractivity contribution in [2.75, 3.05) is 41.0 Å². The summed E-state index contributed by atoms with van der Waals surface area (Å²) in [4.78, 5) is 4.33. The summed E-state index contributed by atoms with van der Waals surface area (Å²) in [6.45, 7) is 2.67. The van der Waals surface area contributed by atoms with Crippen LogP contribution in [0.2, 0.25) is 0 Å². The molecule has 1 fully saturated rings. The van der Waals surface area contributed by atoms with Gasteiger partial charge in [0.2, 0.25) is 0 Å². The van der Waals surface area contributed by atoms with Crippen LogP contribution in [0.3, 0.4) is 0 Å². The van der Waals surface area contributed by atoms with Crippen LogP contribution in [-0.2, 0) is 11.2 Å². The van der Waals surface area contributed by atoms with Crippen LogP contribution in [0, 0.1) is 5.41 Å². The molecule has 0 radical (unpaired) electrons. The second kappa shape index (κ2) is 9.52. The smallest absolute Gasteiger partial charge is 0.191 e. The Morgan fingerprint density at radius 1 is 1.17 bits per heavy atom. The van der Waals surface area contributed by atoms with E-state index in [1.807, 2.05) is 19.2 Å². The third-order valence-corrected chi connectivity index (χ3v) is 4.97. The molecular formula is C19H31N3O2. The second-order valence-electron chi connectivity index (χ2n) is 6.55. The minimum absolute atomic E-state index is 0.392. The van der Waals surface area contributed by atoms with E-state index in [0.29, 0.717) is 5.41 Å². The first-order valence-corrected chi connectivity index (χ1v) is 8.78. The summed E-state index contributed by atoms with van der Waals surface area (Å²) >= 11 is 0. The van der Waals surface area contributed by atoms with Gasteiger partial charge in [-0.2, -0.15) is 0 Å². The molecule has 24 heavy (non-hydrogen) atoms. The predicted octanol–water partition coefficient (Wildman–Crippen LogP) is 2.61. The third kappa shape index (κ3) is 5.41. The highest BCUT2D eigenvalue weighted by molar-refractivity contribution is 5.79. The Morgan fingerprint density at radius 3 is 2.46 bits per heavy atom. The third-order valence-electron chi connectivity index (χ3n) is 4.97. The Morgan fingerprint density at radius 2 is 1.92 bits per heavy atom. The van der Waals surface area contributed by atoms with Crippen LogP contribution in [-0.4, -0.2) is 46.9 Å². The molecule has 5 nitrogen and oxygen atoms in total. The van der Waals surface area contributed by atoms with Crippen molar-refractivity contribution in [3.63, 3.8) is 0 Å². The number of ether oxygens (including phenoxy) is 2. The van der Waals surface area contributed by atoms with Gasteiger partial charge in [-0.25, -0.2) is 0 Å². The Hall–Kier alpha value is -1.75.